The molecule has 1 heterocycles. The molecule has 0 spiro atoms. The molecule has 5 heteroatoms. The van der Waals surface area contributed by atoms with E-state index in [0.717, 1.165) is 21.4 Å². The zero-order chi connectivity index (χ0) is 14.5. The van der Waals surface area contributed by atoms with Gasteiger partial charge in [-0.25, -0.2) is 4.79 Å². The summed E-state index contributed by atoms with van der Waals surface area (Å²) in [5.74, 6) is 0. The highest BCUT2D eigenvalue weighted by Gasteiger charge is 2.11. The summed E-state index contributed by atoms with van der Waals surface area (Å²) >= 11 is 3.40. The van der Waals surface area contributed by atoms with Crippen molar-refractivity contribution in [3.63, 3.8) is 0 Å². The second kappa shape index (κ2) is 6.52. The number of aryl methyl sites for hydroxylation is 1. The molecule has 1 N–H and O–H groups in total. The molecule has 0 saturated heterocycles. The minimum Gasteiger partial charge on any atom is -0.322 e. The van der Waals surface area contributed by atoms with Crippen LogP contribution in [0.15, 0.2) is 47.1 Å². The first kappa shape index (κ1) is 14.5. The third-order valence-corrected chi connectivity index (χ3v) is 3.41. The molecule has 0 fully saturated rings. The number of pyridine rings is 1. The first-order valence-electron chi connectivity index (χ1n) is 6.24. The topological polar surface area (TPSA) is 45.2 Å². The molecular formula is C15H16BrN3O. The van der Waals surface area contributed by atoms with Gasteiger partial charge in [0.15, 0.2) is 0 Å². The molecule has 2 aromatic rings. The molecule has 4 nitrogen and oxygen atoms in total. The van der Waals surface area contributed by atoms with Crippen LogP contribution in [0.25, 0.3) is 0 Å². The van der Waals surface area contributed by atoms with Crippen molar-refractivity contribution in [3.8, 4) is 0 Å². The molecule has 2 rings (SSSR count). The van der Waals surface area contributed by atoms with E-state index in [1.54, 1.807) is 18.1 Å². The standard InChI is InChI=1S/C15H16BrN3O/c1-11-6-7-12(16)9-14(11)18-15(20)19(2)10-13-5-3-4-8-17-13/h3-9H,10H2,1-2H3,(H,18,20). The summed E-state index contributed by atoms with van der Waals surface area (Å²) in [5.41, 5.74) is 2.68. The summed E-state index contributed by atoms with van der Waals surface area (Å²) in [4.78, 5) is 18.0. The molecule has 0 unspecified atom stereocenters. The average molecular weight is 334 g/mol. The SMILES string of the molecule is Cc1ccc(Br)cc1NC(=O)N(C)Cc1ccccn1. The zero-order valence-electron chi connectivity index (χ0n) is 11.4. The second-order valence-electron chi connectivity index (χ2n) is 4.57. The number of urea groups is 1. The number of aromatic nitrogens is 1. The van der Waals surface area contributed by atoms with Crippen molar-refractivity contribution in [2.75, 3.05) is 12.4 Å². The number of hydrogen-bond acceptors (Lipinski definition) is 2. The lowest BCUT2D eigenvalue weighted by molar-refractivity contribution is 0.220. The number of amides is 2. The lowest BCUT2D eigenvalue weighted by atomic mass is 10.2. The van der Waals surface area contributed by atoms with Crippen LogP contribution in [0.2, 0.25) is 0 Å². The lowest BCUT2D eigenvalue weighted by Gasteiger charge is -2.18. The predicted molar refractivity (Wildman–Crippen MR) is 83.6 cm³/mol. The number of rotatable bonds is 3. The Kier molecular flexibility index (Phi) is 4.74. The van der Waals surface area contributed by atoms with E-state index in [9.17, 15) is 4.79 Å². The van der Waals surface area contributed by atoms with E-state index in [4.69, 9.17) is 0 Å². The van der Waals surface area contributed by atoms with Gasteiger partial charge in [0.05, 0.1) is 12.2 Å². The summed E-state index contributed by atoms with van der Waals surface area (Å²) < 4.78 is 0.936. The Morgan fingerprint density at radius 1 is 1.35 bits per heavy atom. The van der Waals surface area contributed by atoms with Crippen LogP contribution in [0.4, 0.5) is 10.5 Å². The normalized spacial score (nSPS) is 10.2. The van der Waals surface area contributed by atoms with Crippen LogP contribution in [0.3, 0.4) is 0 Å². The van der Waals surface area contributed by atoms with Crippen LogP contribution in [-0.4, -0.2) is 23.0 Å². The number of hydrogen-bond donors (Lipinski definition) is 1. The fraction of sp³-hybridized carbons (Fsp3) is 0.200. The van der Waals surface area contributed by atoms with Gasteiger partial charge in [0.25, 0.3) is 0 Å². The number of nitrogens with one attached hydrogen (secondary N) is 1. The highest BCUT2D eigenvalue weighted by atomic mass is 79.9. The highest BCUT2D eigenvalue weighted by Crippen LogP contribution is 2.21. The van der Waals surface area contributed by atoms with E-state index < -0.39 is 0 Å². The fourth-order valence-electron chi connectivity index (χ4n) is 1.75. The summed E-state index contributed by atoms with van der Waals surface area (Å²) in [6, 6.07) is 11.3. The molecule has 1 aromatic heterocycles. The number of nitrogens with zero attached hydrogens (tertiary/aromatic N) is 2. The molecule has 0 aliphatic carbocycles. The zero-order valence-corrected chi connectivity index (χ0v) is 13.0. The van der Waals surface area contributed by atoms with Gasteiger partial charge in [-0.2, -0.15) is 0 Å². The fourth-order valence-corrected chi connectivity index (χ4v) is 2.11. The van der Waals surface area contributed by atoms with Gasteiger partial charge in [-0.15, -0.1) is 0 Å². The predicted octanol–water partition coefficient (Wildman–Crippen LogP) is 3.82. The Morgan fingerprint density at radius 3 is 2.85 bits per heavy atom. The van der Waals surface area contributed by atoms with Crippen molar-refractivity contribution in [2.45, 2.75) is 13.5 Å². The summed E-state index contributed by atoms with van der Waals surface area (Å²) in [6.07, 6.45) is 1.72. The number of carbonyl (C=O) groups is 1. The molecule has 104 valence electrons. The molecule has 0 radical (unpaired) electrons. The van der Waals surface area contributed by atoms with Gasteiger partial charge in [-0.3, -0.25) is 4.98 Å². The van der Waals surface area contributed by atoms with Crippen molar-refractivity contribution in [1.82, 2.24) is 9.88 Å². The van der Waals surface area contributed by atoms with E-state index in [-0.39, 0.29) is 6.03 Å². The molecule has 0 aliphatic rings. The number of carbonyl (C=O) groups excluding carboxylic acids is 1. The molecular weight excluding hydrogens is 318 g/mol. The van der Waals surface area contributed by atoms with Crippen molar-refractivity contribution >= 4 is 27.6 Å². The van der Waals surface area contributed by atoms with E-state index in [1.807, 2.05) is 43.3 Å². The molecule has 0 atom stereocenters. The number of halogens is 1. The summed E-state index contributed by atoms with van der Waals surface area (Å²) in [5, 5.41) is 2.90. The van der Waals surface area contributed by atoms with E-state index in [0.29, 0.717) is 6.54 Å². The van der Waals surface area contributed by atoms with Gasteiger partial charge in [0.2, 0.25) is 0 Å². The first-order valence-corrected chi connectivity index (χ1v) is 7.04. The maximum absolute atomic E-state index is 12.2. The average Bonchev–Trinajstić information content (AvgIpc) is 2.44. The van der Waals surface area contributed by atoms with Crippen LogP contribution in [-0.2, 0) is 6.54 Å². The largest absolute Gasteiger partial charge is 0.322 e. The van der Waals surface area contributed by atoms with E-state index >= 15 is 0 Å². The van der Waals surface area contributed by atoms with Gasteiger partial charge < -0.3 is 10.2 Å². The van der Waals surface area contributed by atoms with Gasteiger partial charge in [-0.1, -0.05) is 28.1 Å². The maximum Gasteiger partial charge on any atom is 0.321 e. The Balaban J connectivity index is 2.02. The Hall–Kier alpha value is -1.88. The lowest BCUT2D eigenvalue weighted by Crippen LogP contribution is -2.31. The molecule has 0 aliphatic heterocycles. The first-order chi connectivity index (χ1) is 9.56. The maximum atomic E-state index is 12.2. The molecule has 0 saturated carbocycles. The molecule has 1 aromatic carbocycles. The third kappa shape index (κ3) is 3.81. The Labute approximate surface area is 127 Å². The van der Waals surface area contributed by atoms with Crippen LogP contribution >= 0.6 is 15.9 Å². The van der Waals surface area contributed by atoms with E-state index in [2.05, 4.69) is 26.2 Å². The minimum atomic E-state index is -0.156. The smallest absolute Gasteiger partial charge is 0.321 e. The Morgan fingerprint density at radius 2 is 2.15 bits per heavy atom. The van der Waals surface area contributed by atoms with Crippen molar-refractivity contribution in [3.05, 3.63) is 58.3 Å². The third-order valence-electron chi connectivity index (χ3n) is 2.91. The van der Waals surface area contributed by atoms with Gasteiger partial charge in [-0.05, 0) is 36.8 Å². The highest BCUT2D eigenvalue weighted by molar-refractivity contribution is 9.10. The summed E-state index contributed by atoms with van der Waals surface area (Å²) in [6.45, 7) is 2.43. The molecule has 2 amide bonds. The summed E-state index contributed by atoms with van der Waals surface area (Å²) in [7, 11) is 1.75. The quantitative estimate of drug-likeness (QED) is 0.928. The minimum absolute atomic E-state index is 0.156. The van der Waals surface area contributed by atoms with Gasteiger partial charge >= 0.3 is 6.03 Å². The monoisotopic (exact) mass is 333 g/mol. The van der Waals surface area contributed by atoms with Gasteiger partial charge in [0, 0.05) is 23.4 Å². The van der Waals surface area contributed by atoms with Crippen molar-refractivity contribution in [2.24, 2.45) is 0 Å². The van der Waals surface area contributed by atoms with Gasteiger partial charge in [0.1, 0.15) is 0 Å². The van der Waals surface area contributed by atoms with Crippen molar-refractivity contribution in [1.29, 1.82) is 0 Å². The van der Waals surface area contributed by atoms with Crippen LogP contribution < -0.4 is 5.32 Å². The van der Waals surface area contributed by atoms with Crippen LogP contribution in [0, 0.1) is 6.92 Å². The van der Waals surface area contributed by atoms with Crippen LogP contribution in [0.5, 0.6) is 0 Å². The number of benzene rings is 1. The molecule has 20 heavy (non-hydrogen) atoms. The Bertz CT molecular complexity index is 601. The van der Waals surface area contributed by atoms with E-state index in [1.165, 1.54) is 0 Å². The second-order valence-corrected chi connectivity index (χ2v) is 5.48. The van der Waals surface area contributed by atoms with Crippen LogP contribution in [0.1, 0.15) is 11.3 Å². The molecule has 0 bridgehead atoms. The number of anilines is 1. The van der Waals surface area contributed by atoms with Crippen molar-refractivity contribution < 1.29 is 4.79 Å².